The maximum Gasteiger partial charge on any atom is 0.223 e. The van der Waals surface area contributed by atoms with Crippen LogP contribution in [0.2, 0.25) is 0 Å². The summed E-state index contributed by atoms with van der Waals surface area (Å²) in [6, 6.07) is 8.06. The zero-order chi connectivity index (χ0) is 12.5. The van der Waals surface area contributed by atoms with Gasteiger partial charge in [-0.2, -0.15) is 0 Å². The Balaban J connectivity index is 1.78. The van der Waals surface area contributed by atoms with Crippen LogP contribution in [0.4, 0.5) is 0 Å². The summed E-state index contributed by atoms with van der Waals surface area (Å²) < 4.78 is 1.18. The first-order valence-corrected chi connectivity index (χ1v) is 6.90. The van der Waals surface area contributed by atoms with Gasteiger partial charge in [-0.1, -0.05) is 12.1 Å². The first-order chi connectivity index (χ1) is 8.76. The quantitative estimate of drug-likeness (QED) is 0.913. The average molecular weight is 261 g/mol. The molecule has 18 heavy (non-hydrogen) atoms. The van der Waals surface area contributed by atoms with Gasteiger partial charge in [0.25, 0.3) is 0 Å². The number of carbonyl (C=O) groups is 1. The third-order valence-electron chi connectivity index (χ3n) is 3.29. The fraction of sp³-hybridized carbons (Fsp3) is 0.385. The van der Waals surface area contributed by atoms with Crippen LogP contribution in [0.1, 0.15) is 11.4 Å². The molecule has 1 aromatic carbocycles. The minimum atomic E-state index is 0.199. The fourth-order valence-corrected chi connectivity index (χ4v) is 3.30. The molecule has 1 unspecified atom stereocenters. The fourth-order valence-electron chi connectivity index (χ4n) is 2.32. The van der Waals surface area contributed by atoms with E-state index in [0.29, 0.717) is 25.4 Å². The topological polar surface area (TPSA) is 59.2 Å². The van der Waals surface area contributed by atoms with Gasteiger partial charge in [0.05, 0.1) is 16.8 Å². The molecule has 0 saturated carbocycles. The molecule has 0 aliphatic carbocycles. The van der Waals surface area contributed by atoms with Crippen molar-refractivity contribution in [1.29, 1.82) is 0 Å². The molecule has 1 aliphatic heterocycles. The number of carbonyl (C=O) groups excluding carboxylic acids is 1. The van der Waals surface area contributed by atoms with Crippen LogP contribution in [-0.4, -0.2) is 28.9 Å². The van der Waals surface area contributed by atoms with E-state index in [-0.39, 0.29) is 5.91 Å². The zero-order valence-electron chi connectivity index (χ0n) is 10.0. The lowest BCUT2D eigenvalue weighted by molar-refractivity contribution is -0.128. The van der Waals surface area contributed by atoms with Crippen LogP contribution in [0, 0.1) is 5.92 Å². The van der Waals surface area contributed by atoms with E-state index in [1.807, 2.05) is 23.1 Å². The molecule has 0 spiro atoms. The lowest BCUT2D eigenvalue weighted by Gasteiger charge is -2.14. The lowest BCUT2D eigenvalue weighted by atomic mass is 10.1. The summed E-state index contributed by atoms with van der Waals surface area (Å²) >= 11 is 1.66. The molecule has 2 aromatic rings. The number of hydrogen-bond acceptors (Lipinski definition) is 4. The Morgan fingerprint density at radius 1 is 1.44 bits per heavy atom. The van der Waals surface area contributed by atoms with Crippen LogP contribution in [0.5, 0.6) is 0 Å². The van der Waals surface area contributed by atoms with Gasteiger partial charge in [-0.25, -0.2) is 4.98 Å². The van der Waals surface area contributed by atoms with E-state index in [1.165, 1.54) is 4.70 Å². The second-order valence-corrected chi connectivity index (χ2v) is 5.77. The van der Waals surface area contributed by atoms with Crippen LogP contribution in [-0.2, 0) is 11.3 Å². The SMILES string of the molecule is NCC1CC(=O)N(Cc2nc3ccccc3s2)C1. The Labute approximate surface area is 109 Å². The summed E-state index contributed by atoms with van der Waals surface area (Å²) in [6.07, 6.45) is 0.585. The first-order valence-electron chi connectivity index (χ1n) is 6.08. The van der Waals surface area contributed by atoms with E-state index < -0.39 is 0 Å². The second-order valence-electron chi connectivity index (χ2n) is 4.66. The molecule has 1 fully saturated rings. The van der Waals surface area contributed by atoms with Crippen molar-refractivity contribution in [2.24, 2.45) is 11.7 Å². The van der Waals surface area contributed by atoms with Crippen molar-refractivity contribution < 1.29 is 4.79 Å². The van der Waals surface area contributed by atoms with E-state index in [0.717, 1.165) is 17.1 Å². The van der Waals surface area contributed by atoms with Crippen LogP contribution in [0.25, 0.3) is 10.2 Å². The zero-order valence-corrected chi connectivity index (χ0v) is 10.8. The monoisotopic (exact) mass is 261 g/mol. The highest BCUT2D eigenvalue weighted by Crippen LogP contribution is 2.25. The van der Waals surface area contributed by atoms with Crippen LogP contribution in [0.3, 0.4) is 0 Å². The highest BCUT2D eigenvalue weighted by Gasteiger charge is 2.29. The Morgan fingerprint density at radius 2 is 2.28 bits per heavy atom. The number of nitrogens with zero attached hydrogens (tertiary/aromatic N) is 2. The summed E-state index contributed by atoms with van der Waals surface area (Å²) in [5, 5.41) is 1.00. The predicted octanol–water partition coefficient (Wildman–Crippen LogP) is 1.60. The molecule has 0 bridgehead atoms. The van der Waals surface area contributed by atoms with Gasteiger partial charge >= 0.3 is 0 Å². The average Bonchev–Trinajstić information content (AvgIpc) is 2.93. The number of thiazole rings is 1. The molecule has 0 radical (unpaired) electrons. The van der Waals surface area contributed by atoms with E-state index >= 15 is 0 Å². The van der Waals surface area contributed by atoms with E-state index in [2.05, 4.69) is 11.1 Å². The molecule has 2 heterocycles. The Kier molecular flexibility index (Phi) is 3.01. The number of likely N-dealkylation sites (tertiary alicyclic amines) is 1. The summed E-state index contributed by atoms with van der Waals surface area (Å²) in [6.45, 7) is 1.97. The Hall–Kier alpha value is -1.46. The molecular formula is C13H15N3OS. The van der Waals surface area contributed by atoms with Gasteiger partial charge in [0.1, 0.15) is 5.01 Å². The van der Waals surface area contributed by atoms with Crippen LogP contribution >= 0.6 is 11.3 Å². The minimum Gasteiger partial charge on any atom is -0.336 e. The number of amides is 1. The van der Waals surface area contributed by atoms with Crippen molar-refractivity contribution in [2.75, 3.05) is 13.1 Å². The highest BCUT2D eigenvalue weighted by molar-refractivity contribution is 7.18. The molecule has 5 heteroatoms. The normalized spacial score (nSPS) is 19.9. The summed E-state index contributed by atoms with van der Waals surface area (Å²) in [5.41, 5.74) is 6.63. The van der Waals surface area contributed by atoms with E-state index in [9.17, 15) is 4.79 Å². The molecule has 4 nitrogen and oxygen atoms in total. The molecule has 2 N–H and O–H groups in total. The standard InChI is InChI=1S/C13H15N3OS/c14-6-9-5-13(17)16(7-9)8-12-15-10-3-1-2-4-11(10)18-12/h1-4,9H,5-8,14H2. The lowest BCUT2D eigenvalue weighted by Crippen LogP contribution is -2.25. The van der Waals surface area contributed by atoms with Crippen LogP contribution < -0.4 is 5.73 Å². The smallest absolute Gasteiger partial charge is 0.223 e. The number of rotatable bonds is 3. The van der Waals surface area contributed by atoms with Gasteiger partial charge in [-0.15, -0.1) is 11.3 Å². The van der Waals surface area contributed by atoms with Crippen molar-refractivity contribution in [3.05, 3.63) is 29.3 Å². The number of fused-ring (bicyclic) bond motifs is 1. The van der Waals surface area contributed by atoms with Gasteiger partial charge in [-0.05, 0) is 24.6 Å². The molecule has 1 amide bonds. The Bertz CT molecular complexity index is 547. The maximum atomic E-state index is 11.8. The number of benzene rings is 1. The number of para-hydroxylation sites is 1. The summed E-state index contributed by atoms with van der Waals surface area (Å²) in [7, 11) is 0. The first kappa shape index (κ1) is 11.6. The Morgan fingerprint density at radius 3 is 3.00 bits per heavy atom. The van der Waals surface area contributed by atoms with E-state index in [1.54, 1.807) is 11.3 Å². The van der Waals surface area contributed by atoms with Crippen molar-refractivity contribution in [2.45, 2.75) is 13.0 Å². The molecule has 1 aliphatic rings. The molecule has 1 atom stereocenters. The maximum absolute atomic E-state index is 11.8. The number of aromatic nitrogens is 1. The largest absolute Gasteiger partial charge is 0.336 e. The number of nitrogens with two attached hydrogens (primary N) is 1. The van der Waals surface area contributed by atoms with Gasteiger partial charge in [0.2, 0.25) is 5.91 Å². The third kappa shape index (κ3) is 2.11. The molecule has 1 aromatic heterocycles. The molecular weight excluding hydrogens is 246 g/mol. The molecule has 3 rings (SSSR count). The molecule has 94 valence electrons. The summed E-state index contributed by atoms with van der Waals surface area (Å²) in [5.74, 6) is 0.511. The van der Waals surface area contributed by atoms with E-state index in [4.69, 9.17) is 5.73 Å². The highest BCUT2D eigenvalue weighted by atomic mass is 32.1. The summed E-state index contributed by atoms with van der Waals surface area (Å²) in [4.78, 5) is 18.2. The second kappa shape index (κ2) is 4.66. The van der Waals surface area contributed by atoms with Crippen molar-refractivity contribution in [3.63, 3.8) is 0 Å². The van der Waals surface area contributed by atoms with Crippen LogP contribution in [0.15, 0.2) is 24.3 Å². The minimum absolute atomic E-state index is 0.199. The van der Waals surface area contributed by atoms with Gasteiger partial charge in [0.15, 0.2) is 0 Å². The predicted molar refractivity (Wildman–Crippen MR) is 72.2 cm³/mol. The van der Waals surface area contributed by atoms with Gasteiger partial charge in [-0.3, -0.25) is 4.79 Å². The van der Waals surface area contributed by atoms with Crippen molar-refractivity contribution in [3.8, 4) is 0 Å². The number of hydrogen-bond donors (Lipinski definition) is 1. The van der Waals surface area contributed by atoms with Crippen molar-refractivity contribution in [1.82, 2.24) is 9.88 Å². The third-order valence-corrected chi connectivity index (χ3v) is 4.31. The van der Waals surface area contributed by atoms with Gasteiger partial charge in [0, 0.05) is 13.0 Å². The molecule has 1 saturated heterocycles. The van der Waals surface area contributed by atoms with Crippen molar-refractivity contribution >= 4 is 27.5 Å². The van der Waals surface area contributed by atoms with Gasteiger partial charge < -0.3 is 10.6 Å².